The van der Waals surface area contributed by atoms with E-state index in [1.54, 1.807) is 11.5 Å². The molecule has 29 heavy (non-hydrogen) atoms. The number of hydrogen-bond donors (Lipinski definition) is 0. The van der Waals surface area contributed by atoms with Crippen molar-refractivity contribution in [1.82, 2.24) is 9.55 Å². The van der Waals surface area contributed by atoms with Crippen molar-refractivity contribution in [2.24, 2.45) is 0 Å². The topological polar surface area (TPSA) is 79.7 Å². The van der Waals surface area contributed by atoms with Gasteiger partial charge in [0.1, 0.15) is 35.4 Å². The number of carbonyl (C=O) groups is 1. The molecule has 0 N–H and O–H groups in total. The van der Waals surface area contributed by atoms with Gasteiger partial charge in [-0.3, -0.25) is 9.36 Å². The van der Waals surface area contributed by atoms with E-state index in [9.17, 15) is 9.59 Å². The molecule has 2 aliphatic rings. The maximum Gasteiger partial charge on any atom is 0.349 e. The highest BCUT2D eigenvalue weighted by Crippen LogP contribution is 2.36. The lowest BCUT2D eigenvalue weighted by atomic mass is 10.2. The molecule has 4 heterocycles. The number of hydrogen-bond acceptors (Lipinski definition) is 7. The number of ether oxygens (including phenoxy) is 3. The number of aromatic nitrogens is 2. The Balaban J connectivity index is 1.42. The Bertz CT molecular complexity index is 1220. The first kappa shape index (κ1) is 18.6. The molecule has 2 aromatic heterocycles. The van der Waals surface area contributed by atoms with Gasteiger partial charge in [-0.05, 0) is 31.0 Å². The first-order chi connectivity index (χ1) is 14.0. The normalized spacial score (nSPS) is 14.8. The first-order valence-corrected chi connectivity index (χ1v) is 10.9. The van der Waals surface area contributed by atoms with Crippen LogP contribution in [-0.2, 0) is 24.3 Å². The van der Waals surface area contributed by atoms with E-state index in [1.165, 1.54) is 11.3 Å². The smallest absolute Gasteiger partial charge is 0.349 e. The number of halogens is 1. The molecule has 9 heteroatoms. The van der Waals surface area contributed by atoms with Gasteiger partial charge in [0.25, 0.3) is 5.56 Å². The number of aryl methyl sites for hydroxylation is 2. The lowest BCUT2D eigenvalue weighted by Gasteiger charge is -2.19. The SMILES string of the molecule is Cc1c(C(=O)OCc2cc3c(cc2Br)OCCO3)sc2nc3n(c(=O)c12)CCC3. The zero-order valence-electron chi connectivity index (χ0n) is 15.6. The fourth-order valence-corrected chi connectivity index (χ4v) is 5.22. The maximum atomic E-state index is 12.8. The molecule has 0 fully saturated rings. The van der Waals surface area contributed by atoms with Crippen LogP contribution in [0.2, 0.25) is 0 Å². The van der Waals surface area contributed by atoms with Crippen molar-refractivity contribution in [3.8, 4) is 11.5 Å². The van der Waals surface area contributed by atoms with Crippen LogP contribution >= 0.6 is 27.3 Å². The molecule has 0 atom stereocenters. The van der Waals surface area contributed by atoms with Crippen LogP contribution in [0.5, 0.6) is 11.5 Å². The van der Waals surface area contributed by atoms with E-state index in [2.05, 4.69) is 20.9 Å². The molecule has 7 nitrogen and oxygen atoms in total. The van der Waals surface area contributed by atoms with Gasteiger partial charge in [0.05, 0.1) is 5.39 Å². The molecule has 0 saturated heterocycles. The Morgan fingerprint density at radius 2 is 2.07 bits per heavy atom. The minimum absolute atomic E-state index is 0.0649. The number of esters is 1. The summed E-state index contributed by atoms with van der Waals surface area (Å²) in [6.07, 6.45) is 1.72. The van der Waals surface area contributed by atoms with E-state index in [1.807, 2.05) is 12.1 Å². The Morgan fingerprint density at radius 1 is 1.31 bits per heavy atom. The van der Waals surface area contributed by atoms with Crippen molar-refractivity contribution in [2.45, 2.75) is 32.9 Å². The molecule has 3 aromatic rings. The van der Waals surface area contributed by atoms with Gasteiger partial charge in [0, 0.05) is 23.0 Å². The van der Waals surface area contributed by atoms with Crippen LogP contribution in [0.4, 0.5) is 0 Å². The van der Waals surface area contributed by atoms with Crippen molar-refractivity contribution in [1.29, 1.82) is 0 Å². The third-order valence-corrected chi connectivity index (χ3v) is 7.07. The average molecular weight is 477 g/mol. The van der Waals surface area contributed by atoms with Crippen LogP contribution < -0.4 is 15.0 Å². The average Bonchev–Trinajstić information content (AvgIpc) is 3.31. The van der Waals surface area contributed by atoms with E-state index >= 15 is 0 Å². The fraction of sp³-hybridized carbons (Fsp3) is 0.350. The molecule has 0 saturated carbocycles. The largest absolute Gasteiger partial charge is 0.486 e. The summed E-state index contributed by atoms with van der Waals surface area (Å²) in [5, 5.41) is 0.521. The quantitative estimate of drug-likeness (QED) is 0.537. The minimum atomic E-state index is -0.461. The number of fused-ring (bicyclic) bond motifs is 3. The lowest BCUT2D eigenvalue weighted by molar-refractivity contribution is 0.0476. The third-order valence-electron chi connectivity index (χ3n) is 5.17. The van der Waals surface area contributed by atoms with Gasteiger partial charge in [-0.15, -0.1) is 11.3 Å². The van der Waals surface area contributed by atoms with Gasteiger partial charge < -0.3 is 14.2 Å². The summed E-state index contributed by atoms with van der Waals surface area (Å²) < 4.78 is 19.2. The second-order valence-electron chi connectivity index (χ2n) is 6.99. The lowest BCUT2D eigenvalue weighted by Crippen LogP contribution is -2.20. The van der Waals surface area contributed by atoms with Gasteiger partial charge in [0.2, 0.25) is 0 Å². The molecule has 150 valence electrons. The Morgan fingerprint density at radius 3 is 2.86 bits per heavy atom. The maximum absolute atomic E-state index is 12.8. The van der Waals surface area contributed by atoms with Crippen LogP contribution in [0.1, 0.15) is 33.0 Å². The van der Waals surface area contributed by atoms with Crippen molar-refractivity contribution < 1.29 is 19.0 Å². The highest BCUT2D eigenvalue weighted by molar-refractivity contribution is 9.10. The van der Waals surface area contributed by atoms with Crippen molar-refractivity contribution in [3.05, 3.63) is 48.8 Å². The summed E-state index contributed by atoms with van der Waals surface area (Å²) in [5.74, 6) is 1.63. The molecule has 5 rings (SSSR count). The number of thiophene rings is 1. The molecule has 0 bridgehead atoms. The third kappa shape index (κ3) is 3.12. The molecule has 2 aliphatic heterocycles. The highest BCUT2D eigenvalue weighted by atomic mass is 79.9. The second kappa shape index (κ2) is 7.14. The minimum Gasteiger partial charge on any atom is -0.486 e. The van der Waals surface area contributed by atoms with E-state index in [0.29, 0.717) is 51.9 Å². The standard InChI is InChI=1S/C20H17BrN2O5S/c1-10-16-18(22-15-3-2-4-23(15)19(16)24)29-17(10)20(25)28-9-11-7-13-14(8-12(11)21)27-6-5-26-13/h7-8H,2-6,9H2,1H3. The molecule has 1 aromatic carbocycles. The summed E-state index contributed by atoms with van der Waals surface area (Å²) >= 11 is 4.70. The van der Waals surface area contributed by atoms with Gasteiger partial charge in [-0.1, -0.05) is 15.9 Å². The molecule has 0 unspecified atom stereocenters. The summed E-state index contributed by atoms with van der Waals surface area (Å²) in [4.78, 5) is 31.2. The van der Waals surface area contributed by atoms with E-state index in [-0.39, 0.29) is 12.2 Å². The van der Waals surface area contributed by atoms with Gasteiger partial charge >= 0.3 is 5.97 Å². The fourth-order valence-electron chi connectivity index (χ4n) is 3.70. The monoisotopic (exact) mass is 476 g/mol. The Hall–Kier alpha value is -2.39. The Kier molecular flexibility index (Phi) is 4.59. The number of nitrogens with zero attached hydrogens (tertiary/aromatic N) is 2. The van der Waals surface area contributed by atoms with Crippen LogP contribution in [-0.4, -0.2) is 28.7 Å². The van der Waals surface area contributed by atoms with Crippen LogP contribution in [0.3, 0.4) is 0 Å². The predicted octanol–water partition coefficient (Wildman–Crippen LogP) is 3.60. The van der Waals surface area contributed by atoms with E-state index < -0.39 is 5.97 Å². The van der Waals surface area contributed by atoms with Gasteiger partial charge in [-0.2, -0.15) is 0 Å². The van der Waals surface area contributed by atoms with Crippen molar-refractivity contribution >= 4 is 43.5 Å². The predicted molar refractivity (Wildman–Crippen MR) is 111 cm³/mol. The Labute approximate surface area is 178 Å². The summed E-state index contributed by atoms with van der Waals surface area (Å²) in [6, 6.07) is 3.62. The molecule has 0 radical (unpaired) electrons. The molecular formula is C20H17BrN2O5S. The van der Waals surface area contributed by atoms with Crippen LogP contribution in [0.25, 0.3) is 10.2 Å². The zero-order chi connectivity index (χ0) is 20.1. The van der Waals surface area contributed by atoms with Gasteiger partial charge in [0.15, 0.2) is 11.5 Å². The molecule has 0 amide bonds. The van der Waals surface area contributed by atoms with Crippen LogP contribution in [0, 0.1) is 6.92 Å². The number of rotatable bonds is 3. The number of benzene rings is 1. The molecule has 0 aliphatic carbocycles. The zero-order valence-corrected chi connectivity index (χ0v) is 18.0. The van der Waals surface area contributed by atoms with Gasteiger partial charge in [-0.25, -0.2) is 9.78 Å². The van der Waals surface area contributed by atoms with Crippen molar-refractivity contribution in [3.63, 3.8) is 0 Å². The van der Waals surface area contributed by atoms with E-state index in [4.69, 9.17) is 14.2 Å². The molecule has 0 spiro atoms. The van der Waals surface area contributed by atoms with Crippen molar-refractivity contribution in [2.75, 3.05) is 13.2 Å². The molecular weight excluding hydrogens is 460 g/mol. The van der Waals surface area contributed by atoms with Crippen LogP contribution in [0.15, 0.2) is 21.4 Å². The van der Waals surface area contributed by atoms with E-state index in [0.717, 1.165) is 28.7 Å². The summed E-state index contributed by atoms with van der Waals surface area (Å²) in [5.41, 5.74) is 1.35. The summed E-state index contributed by atoms with van der Waals surface area (Å²) in [6.45, 7) is 3.54. The second-order valence-corrected chi connectivity index (χ2v) is 8.84. The highest BCUT2D eigenvalue weighted by Gasteiger charge is 2.24. The first-order valence-electron chi connectivity index (χ1n) is 9.31. The summed E-state index contributed by atoms with van der Waals surface area (Å²) in [7, 11) is 0. The number of carbonyl (C=O) groups excluding carboxylic acids is 1.